The average molecular weight is 203 g/mol. The molecule has 1 saturated heterocycles. The van der Waals surface area contributed by atoms with Gasteiger partial charge in [-0.3, -0.25) is 0 Å². The quantitative estimate of drug-likeness (QED) is 0.734. The Morgan fingerprint density at radius 3 is 2.29 bits per heavy atom. The highest BCUT2D eigenvalue weighted by atomic mass is 19.2. The Balaban J connectivity index is 2.19. The summed E-state index contributed by atoms with van der Waals surface area (Å²) in [7, 11) is 0. The number of hydrogen-bond acceptors (Lipinski definition) is 2. The van der Waals surface area contributed by atoms with Crippen LogP contribution in [0.1, 0.15) is 0 Å². The smallest absolute Gasteiger partial charge is 0.168 e. The zero-order valence-corrected chi connectivity index (χ0v) is 7.19. The molecule has 2 rings (SSSR count). The van der Waals surface area contributed by atoms with Gasteiger partial charge in [0.1, 0.15) is 6.10 Å². The number of ether oxygens (including phenoxy) is 1. The lowest BCUT2D eigenvalue weighted by Crippen LogP contribution is -2.50. The second kappa shape index (κ2) is 3.49. The Morgan fingerprint density at radius 1 is 1.07 bits per heavy atom. The molecule has 1 aliphatic rings. The van der Waals surface area contributed by atoms with Gasteiger partial charge in [0.15, 0.2) is 23.2 Å². The minimum atomic E-state index is -1.21. The van der Waals surface area contributed by atoms with Crippen LogP contribution < -0.4 is 10.1 Å². The molecule has 0 aromatic heterocycles. The number of nitrogens with one attached hydrogen (secondary N) is 1. The second-order valence-electron chi connectivity index (χ2n) is 3.09. The molecular formula is C9H8F3NO. The summed E-state index contributed by atoms with van der Waals surface area (Å²) in [6.07, 6.45) is -0.158. The van der Waals surface area contributed by atoms with Crippen LogP contribution in [-0.2, 0) is 0 Å². The van der Waals surface area contributed by atoms with Crippen LogP contribution in [0.25, 0.3) is 0 Å². The molecule has 2 nitrogen and oxygen atoms in total. The first-order valence-electron chi connectivity index (χ1n) is 4.19. The number of rotatable bonds is 2. The maximum absolute atomic E-state index is 13.0. The van der Waals surface area contributed by atoms with Gasteiger partial charge in [-0.1, -0.05) is 0 Å². The monoisotopic (exact) mass is 203 g/mol. The predicted octanol–water partition coefficient (Wildman–Crippen LogP) is 1.45. The molecule has 0 radical (unpaired) electrons. The molecule has 1 heterocycles. The molecule has 0 unspecified atom stereocenters. The summed E-state index contributed by atoms with van der Waals surface area (Å²) in [4.78, 5) is 0. The third-order valence-corrected chi connectivity index (χ3v) is 2.01. The van der Waals surface area contributed by atoms with E-state index in [0.717, 1.165) is 6.07 Å². The van der Waals surface area contributed by atoms with Gasteiger partial charge in [-0.25, -0.2) is 13.2 Å². The van der Waals surface area contributed by atoms with Crippen LogP contribution in [0.3, 0.4) is 0 Å². The SMILES string of the molecule is Fc1cc(F)c(OC2CNC2)cc1F. The van der Waals surface area contributed by atoms with Crippen molar-refractivity contribution >= 4 is 0 Å². The molecule has 76 valence electrons. The maximum Gasteiger partial charge on any atom is 0.168 e. The zero-order chi connectivity index (χ0) is 10.1. The minimum absolute atomic E-state index is 0.158. The number of benzene rings is 1. The number of halogens is 3. The van der Waals surface area contributed by atoms with Crippen LogP contribution >= 0.6 is 0 Å². The van der Waals surface area contributed by atoms with E-state index in [0.29, 0.717) is 19.2 Å². The van der Waals surface area contributed by atoms with E-state index in [1.165, 1.54) is 0 Å². The van der Waals surface area contributed by atoms with Gasteiger partial charge in [-0.15, -0.1) is 0 Å². The highest BCUT2D eigenvalue weighted by Gasteiger charge is 2.21. The van der Waals surface area contributed by atoms with Crippen molar-refractivity contribution in [2.75, 3.05) is 13.1 Å². The van der Waals surface area contributed by atoms with E-state index >= 15 is 0 Å². The molecule has 0 saturated carbocycles. The molecule has 0 bridgehead atoms. The molecule has 1 N–H and O–H groups in total. The van der Waals surface area contributed by atoms with Crippen molar-refractivity contribution in [3.63, 3.8) is 0 Å². The van der Waals surface area contributed by atoms with Crippen molar-refractivity contribution in [3.05, 3.63) is 29.6 Å². The largest absolute Gasteiger partial charge is 0.485 e. The van der Waals surface area contributed by atoms with Crippen molar-refractivity contribution < 1.29 is 17.9 Å². The van der Waals surface area contributed by atoms with E-state index in [4.69, 9.17) is 4.74 Å². The molecular weight excluding hydrogens is 195 g/mol. The van der Waals surface area contributed by atoms with E-state index in [1.54, 1.807) is 0 Å². The van der Waals surface area contributed by atoms with Gasteiger partial charge >= 0.3 is 0 Å². The molecule has 14 heavy (non-hydrogen) atoms. The third-order valence-electron chi connectivity index (χ3n) is 2.01. The summed E-state index contributed by atoms with van der Waals surface area (Å²) in [6.45, 7) is 1.19. The van der Waals surface area contributed by atoms with Gasteiger partial charge in [0.2, 0.25) is 0 Å². The molecule has 0 aliphatic carbocycles. The average Bonchev–Trinajstić information content (AvgIpc) is 2.06. The fraction of sp³-hybridized carbons (Fsp3) is 0.333. The predicted molar refractivity (Wildman–Crippen MR) is 43.6 cm³/mol. The van der Waals surface area contributed by atoms with Gasteiger partial charge < -0.3 is 10.1 Å². The Morgan fingerprint density at radius 2 is 1.71 bits per heavy atom. The first-order valence-corrected chi connectivity index (χ1v) is 4.19. The van der Waals surface area contributed by atoms with E-state index in [2.05, 4.69) is 5.32 Å². The second-order valence-corrected chi connectivity index (χ2v) is 3.09. The highest BCUT2D eigenvalue weighted by Crippen LogP contribution is 2.22. The van der Waals surface area contributed by atoms with Crippen molar-refractivity contribution in [2.45, 2.75) is 6.10 Å². The van der Waals surface area contributed by atoms with Crippen LogP contribution in [0.2, 0.25) is 0 Å². The van der Waals surface area contributed by atoms with Crippen molar-refractivity contribution in [3.8, 4) is 5.75 Å². The summed E-state index contributed by atoms with van der Waals surface area (Å²) in [5.74, 6) is -3.43. The van der Waals surface area contributed by atoms with Gasteiger partial charge in [-0.2, -0.15) is 0 Å². The lowest BCUT2D eigenvalue weighted by Gasteiger charge is -2.27. The van der Waals surface area contributed by atoms with E-state index in [-0.39, 0.29) is 11.9 Å². The van der Waals surface area contributed by atoms with Crippen molar-refractivity contribution in [2.24, 2.45) is 0 Å². The van der Waals surface area contributed by atoms with Crippen LogP contribution in [0.15, 0.2) is 12.1 Å². The summed E-state index contributed by atoms with van der Waals surface area (Å²) in [5, 5.41) is 2.91. The van der Waals surface area contributed by atoms with Gasteiger partial charge in [0, 0.05) is 25.2 Å². The lowest BCUT2D eigenvalue weighted by atomic mass is 10.2. The first kappa shape index (κ1) is 9.33. The minimum Gasteiger partial charge on any atom is -0.485 e. The Labute approximate surface area is 78.7 Å². The van der Waals surface area contributed by atoms with Gasteiger partial charge in [0.05, 0.1) is 0 Å². The standard InChI is InChI=1S/C9H8F3NO/c10-6-1-8(12)9(2-7(6)11)14-5-3-13-4-5/h1-2,5,13H,3-4H2. The fourth-order valence-corrected chi connectivity index (χ4v) is 1.12. The summed E-state index contributed by atoms with van der Waals surface area (Å²) >= 11 is 0. The molecule has 1 aromatic carbocycles. The Kier molecular flexibility index (Phi) is 2.33. The summed E-state index contributed by atoms with van der Waals surface area (Å²) < 4.78 is 43.3. The highest BCUT2D eigenvalue weighted by molar-refractivity contribution is 5.26. The topological polar surface area (TPSA) is 21.3 Å². The van der Waals surface area contributed by atoms with Crippen molar-refractivity contribution in [1.82, 2.24) is 5.32 Å². The Hall–Kier alpha value is -1.23. The van der Waals surface area contributed by atoms with E-state index in [9.17, 15) is 13.2 Å². The van der Waals surface area contributed by atoms with Crippen LogP contribution in [-0.4, -0.2) is 19.2 Å². The number of hydrogen-bond donors (Lipinski definition) is 1. The van der Waals surface area contributed by atoms with Crippen molar-refractivity contribution in [1.29, 1.82) is 0 Å². The van der Waals surface area contributed by atoms with Gasteiger partial charge in [-0.05, 0) is 0 Å². The molecule has 0 amide bonds. The maximum atomic E-state index is 13.0. The molecule has 1 aromatic rings. The van der Waals surface area contributed by atoms with Crippen LogP contribution in [0.5, 0.6) is 5.75 Å². The third kappa shape index (κ3) is 1.68. The summed E-state index contributed by atoms with van der Waals surface area (Å²) in [5.41, 5.74) is 0. The lowest BCUT2D eigenvalue weighted by molar-refractivity contribution is 0.135. The van der Waals surface area contributed by atoms with E-state index < -0.39 is 17.5 Å². The van der Waals surface area contributed by atoms with Gasteiger partial charge in [0.25, 0.3) is 0 Å². The molecule has 0 spiro atoms. The molecule has 0 atom stereocenters. The first-order chi connectivity index (χ1) is 6.66. The van der Waals surface area contributed by atoms with E-state index in [1.807, 2.05) is 0 Å². The normalized spacial score (nSPS) is 16.5. The molecule has 1 fully saturated rings. The van der Waals surface area contributed by atoms with Crippen LogP contribution in [0, 0.1) is 17.5 Å². The summed E-state index contributed by atoms with van der Waals surface area (Å²) in [6, 6.07) is 1.21. The molecule has 5 heteroatoms. The zero-order valence-electron chi connectivity index (χ0n) is 7.19. The molecule has 1 aliphatic heterocycles. The Bertz CT molecular complexity index is 352. The van der Waals surface area contributed by atoms with Crippen LogP contribution in [0.4, 0.5) is 13.2 Å². The fourth-order valence-electron chi connectivity index (χ4n) is 1.12.